The number of rotatable bonds is 3. The third-order valence-corrected chi connectivity index (χ3v) is 3.71. The maximum atomic E-state index is 12.4. The molecule has 19 heavy (non-hydrogen) atoms. The molecule has 5 heteroatoms. The Balaban J connectivity index is 2.44. The second-order valence-electron chi connectivity index (χ2n) is 3.80. The fourth-order valence-corrected chi connectivity index (χ4v) is 2.58. The molecule has 2 nitrogen and oxygen atoms in total. The Morgan fingerprint density at radius 2 is 1.84 bits per heavy atom. The molecule has 0 heterocycles. The van der Waals surface area contributed by atoms with Gasteiger partial charge in [-0.15, -0.1) is 0 Å². The fourth-order valence-electron chi connectivity index (χ4n) is 1.63. The van der Waals surface area contributed by atoms with Gasteiger partial charge in [0.15, 0.2) is 5.78 Å². The van der Waals surface area contributed by atoms with Crippen LogP contribution in [0.25, 0.3) is 0 Å². The van der Waals surface area contributed by atoms with Crippen LogP contribution in [0.4, 0.5) is 0 Å². The molecular formula is C14H9BrCl2O2. The monoisotopic (exact) mass is 358 g/mol. The molecule has 0 spiro atoms. The van der Waals surface area contributed by atoms with Gasteiger partial charge in [-0.3, -0.25) is 4.79 Å². The van der Waals surface area contributed by atoms with Crippen LogP contribution in [0.2, 0.25) is 10.0 Å². The number of halogens is 3. The van der Waals surface area contributed by atoms with Gasteiger partial charge < -0.3 is 4.74 Å². The Morgan fingerprint density at radius 1 is 1.11 bits per heavy atom. The first-order valence-corrected chi connectivity index (χ1v) is 6.91. The SMILES string of the molecule is COc1cc(C(=O)c2ccc(Br)cc2Cl)ccc1Cl. The molecule has 0 amide bonds. The third kappa shape index (κ3) is 3.11. The molecular weight excluding hydrogens is 351 g/mol. The molecule has 0 saturated heterocycles. The number of carbonyl (C=O) groups excluding carboxylic acids is 1. The number of ether oxygens (including phenoxy) is 1. The van der Waals surface area contributed by atoms with E-state index in [9.17, 15) is 4.79 Å². The van der Waals surface area contributed by atoms with Gasteiger partial charge in [-0.05, 0) is 36.4 Å². The lowest BCUT2D eigenvalue weighted by molar-refractivity contribution is 0.103. The number of methoxy groups -OCH3 is 1. The van der Waals surface area contributed by atoms with E-state index in [0.29, 0.717) is 26.9 Å². The number of hydrogen-bond acceptors (Lipinski definition) is 2. The average molecular weight is 360 g/mol. The zero-order valence-electron chi connectivity index (χ0n) is 9.91. The number of hydrogen-bond donors (Lipinski definition) is 0. The molecule has 98 valence electrons. The summed E-state index contributed by atoms with van der Waals surface area (Å²) >= 11 is 15.3. The van der Waals surface area contributed by atoms with Crippen LogP contribution < -0.4 is 4.74 Å². The van der Waals surface area contributed by atoms with E-state index in [1.807, 2.05) is 0 Å². The van der Waals surface area contributed by atoms with Crippen molar-refractivity contribution in [3.63, 3.8) is 0 Å². The van der Waals surface area contributed by atoms with Crippen molar-refractivity contribution in [1.82, 2.24) is 0 Å². The van der Waals surface area contributed by atoms with E-state index >= 15 is 0 Å². The molecule has 2 aromatic carbocycles. The minimum Gasteiger partial charge on any atom is -0.495 e. The molecule has 2 aromatic rings. The van der Waals surface area contributed by atoms with Gasteiger partial charge in [0.05, 0.1) is 17.2 Å². The Kier molecular flexibility index (Phi) is 4.50. The highest BCUT2D eigenvalue weighted by molar-refractivity contribution is 9.10. The topological polar surface area (TPSA) is 26.3 Å². The van der Waals surface area contributed by atoms with Crippen molar-refractivity contribution in [3.05, 3.63) is 62.0 Å². The lowest BCUT2D eigenvalue weighted by Gasteiger charge is -2.07. The zero-order valence-corrected chi connectivity index (χ0v) is 13.0. The molecule has 2 rings (SSSR count). The minimum absolute atomic E-state index is 0.174. The second kappa shape index (κ2) is 5.95. The number of carbonyl (C=O) groups is 1. The van der Waals surface area contributed by atoms with E-state index in [1.54, 1.807) is 36.4 Å². The maximum absolute atomic E-state index is 12.4. The summed E-state index contributed by atoms with van der Waals surface area (Å²) in [5.74, 6) is 0.285. The van der Waals surface area contributed by atoms with Gasteiger partial charge in [0.25, 0.3) is 0 Å². The van der Waals surface area contributed by atoms with Crippen molar-refractivity contribution in [2.45, 2.75) is 0 Å². The van der Waals surface area contributed by atoms with Gasteiger partial charge in [-0.2, -0.15) is 0 Å². The first kappa shape index (κ1) is 14.4. The minimum atomic E-state index is -0.174. The van der Waals surface area contributed by atoms with Gasteiger partial charge in [-0.25, -0.2) is 0 Å². The van der Waals surface area contributed by atoms with Gasteiger partial charge >= 0.3 is 0 Å². The van der Waals surface area contributed by atoms with Crippen molar-refractivity contribution in [3.8, 4) is 5.75 Å². The normalized spacial score (nSPS) is 10.3. The summed E-state index contributed by atoms with van der Waals surface area (Å²) in [6.45, 7) is 0. The second-order valence-corrected chi connectivity index (χ2v) is 5.53. The average Bonchev–Trinajstić information content (AvgIpc) is 2.38. The molecule has 0 radical (unpaired) electrons. The molecule has 0 aromatic heterocycles. The van der Waals surface area contributed by atoms with Crippen molar-refractivity contribution in [2.75, 3.05) is 7.11 Å². The summed E-state index contributed by atoms with van der Waals surface area (Å²) < 4.78 is 5.92. The predicted octanol–water partition coefficient (Wildman–Crippen LogP) is 5.00. The largest absolute Gasteiger partial charge is 0.495 e. The molecule has 0 fully saturated rings. The van der Waals surface area contributed by atoms with Crippen LogP contribution in [-0.2, 0) is 0 Å². The smallest absolute Gasteiger partial charge is 0.194 e. The lowest BCUT2D eigenvalue weighted by atomic mass is 10.0. The van der Waals surface area contributed by atoms with E-state index in [4.69, 9.17) is 27.9 Å². The first-order valence-electron chi connectivity index (χ1n) is 5.36. The quantitative estimate of drug-likeness (QED) is 0.721. The summed E-state index contributed by atoms with van der Waals surface area (Å²) in [5, 5.41) is 0.856. The highest BCUT2D eigenvalue weighted by Crippen LogP contribution is 2.28. The number of benzene rings is 2. The van der Waals surface area contributed by atoms with Gasteiger partial charge in [-0.1, -0.05) is 39.1 Å². The standard InChI is InChI=1S/C14H9BrCl2O2/c1-19-13-6-8(2-5-11(13)16)14(18)10-4-3-9(15)7-12(10)17/h2-7H,1H3. The van der Waals surface area contributed by atoms with Crippen LogP contribution >= 0.6 is 39.1 Å². The van der Waals surface area contributed by atoms with Crippen molar-refractivity contribution >= 4 is 44.9 Å². The van der Waals surface area contributed by atoms with Crippen molar-refractivity contribution in [1.29, 1.82) is 0 Å². The molecule has 0 aliphatic carbocycles. The fraction of sp³-hybridized carbons (Fsp3) is 0.0714. The summed E-state index contributed by atoms with van der Waals surface area (Å²) in [6.07, 6.45) is 0. The third-order valence-electron chi connectivity index (χ3n) is 2.59. The highest BCUT2D eigenvalue weighted by Gasteiger charge is 2.14. The summed E-state index contributed by atoms with van der Waals surface area (Å²) in [4.78, 5) is 12.4. The summed E-state index contributed by atoms with van der Waals surface area (Å²) in [7, 11) is 1.50. The predicted molar refractivity (Wildman–Crippen MR) is 80.6 cm³/mol. The van der Waals surface area contributed by atoms with Gasteiger partial charge in [0.2, 0.25) is 0 Å². The maximum Gasteiger partial charge on any atom is 0.194 e. The van der Waals surface area contributed by atoms with Crippen molar-refractivity contribution in [2.24, 2.45) is 0 Å². The zero-order chi connectivity index (χ0) is 14.0. The summed E-state index contributed by atoms with van der Waals surface area (Å²) in [5.41, 5.74) is 0.916. The van der Waals surface area contributed by atoms with Crippen LogP contribution in [0.1, 0.15) is 15.9 Å². The number of ketones is 1. The van der Waals surface area contributed by atoms with Crippen LogP contribution in [0.5, 0.6) is 5.75 Å². The van der Waals surface area contributed by atoms with E-state index in [0.717, 1.165) is 4.47 Å². The van der Waals surface area contributed by atoms with E-state index in [2.05, 4.69) is 15.9 Å². The molecule has 0 aliphatic heterocycles. The van der Waals surface area contributed by atoms with Gasteiger partial charge in [0.1, 0.15) is 5.75 Å². The molecule has 0 saturated carbocycles. The Hall–Kier alpha value is -1.03. The molecule has 0 atom stereocenters. The molecule has 0 unspecified atom stereocenters. The lowest BCUT2D eigenvalue weighted by Crippen LogP contribution is -2.02. The van der Waals surface area contributed by atoms with Crippen LogP contribution in [0.15, 0.2) is 40.9 Å². The highest BCUT2D eigenvalue weighted by atomic mass is 79.9. The van der Waals surface area contributed by atoms with Gasteiger partial charge in [0, 0.05) is 15.6 Å². The van der Waals surface area contributed by atoms with E-state index in [-0.39, 0.29) is 5.78 Å². The van der Waals surface area contributed by atoms with E-state index in [1.165, 1.54) is 7.11 Å². The molecule has 0 bridgehead atoms. The Morgan fingerprint density at radius 3 is 2.47 bits per heavy atom. The molecule has 0 N–H and O–H groups in total. The molecule has 0 aliphatic rings. The van der Waals surface area contributed by atoms with E-state index < -0.39 is 0 Å². The Labute approximate surface area is 129 Å². The van der Waals surface area contributed by atoms with Crippen LogP contribution in [-0.4, -0.2) is 12.9 Å². The Bertz CT molecular complexity index is 641. The van der Waals surface area contributed by atoms with Crippen molar-refractivity contribution < 1.29 is 9.53 Å². The van der Waals surface area contributed by atoms with Crippen LogP contribution in [0, 0.1) is 0 Å². The van der Waals surface area contributed by atoms with Crippen LogP contribution in [0.3, 0.4) is 0 Å². The summed E-state index contributed by atoms with van der Waals surface area (Å²) in [6, 6.07) is 10.00. The first-order chi connectivity index (χ1) is 9.02.